The number of anilines is 2. The monoisotopic (exact) mass is 290 g/mol. The van der Waals surface area contributed by atoms with Crippen LogP contribution in [0.25, 0.3) is 0 Å². The van der Waals surface area contributed by atoms with Crippen molar-refractivity contribution in [1.29, 1.82) is 0 Å². The first-order chi connectivity index (χ1) is 9.51. The predicted molar refractivity (Wildman–Crippen MR) is 79.3 cm³/mol. The van der Waals surface area contributed by atoms with Crippen LogP contribution >= 0.6 is 11.3 Å². The number of amides is 2. The van der Waals surface area contributed by atoms with Gasteiger partial charge in [0.25, 0.3) is 11.8 Å². The van der Waals surface area contributed by atoms with Crippen molar-refractivity contribution in [3.63, 3.8) is 0 Å². The molecule has 2 rings (SSSR count). The highest BCUT2D eigenvalue weighted by Gasteiger charge is 2.18. The molecule has 6 nitrogen and oxygen atoms in total. The highest BCUT2D eigenvalue weighted by atomic mass is 32.1. The minimum Gasteiger partial charge on any atom is -0.365 e. The number of carbonyl (C=O) groups excluding carboxylic acids is 2. The van der Waals surface area contributed by atoms with Gasteiger partial charge in [-0.1, -0.05) is 29.0 Å². The molecule has 2 amide bonds. The van der Waals surface area contributed by atoms with E-state index >= 15 is 0 Å². The Morgan fingerprint density at radius 3 is 2.70 bits per heavy atom. The fourth-order valence-corrected chi connectivity index (χ4v) is 2.46. The first-order valence-corrected chi connectivity index (χ1v) is 6.69. The van der Waals surface area contributed by atoms with Crippen LogP contribution < -0.4 is 16.4 Å². The lowest BCUT2D eigenvalue weighted by Gasteiger charge is -2.04. The lowest BCUT2D eigenvalue weighted by atomic mass is 10.1. The van der Waals surface area contributed by atoms with Gasteiger partial charge in [0.15, 0.2) is 10.8 Å². The number of nitrogens with one attached hydrogen (secondary N) is 2. The predicted octanol–water partition coefficient (Wildman–Crippen LogP) is 1.84. The number of nitrogens with zero attached hydrogens (tertiary/aromatic N) is 1. The number of carbonyl (C=O) groups is 2. The lowest BCUT2D eigenvalue weighted by Crippen LogP contribution is -2.17. The number of aryl methyl sites for hydroxylation is 1. The Morgan fingerprint density at radius 1 is 1.35 bits per heavy atom. The van der Waals surface area contributed by atoms with Gasteiger partial charge in [-0.05, 0) is 19.1 Å². The molecule has 20 heavy (non-hydrogen) atoms. The maximum Gasteiger partial charge on any atom is 0.270 e. The number of aromatic nitrogens is 1. The molecule has 0 atom stereocenters. The van der Waals surface area contributed by atoms with Gasteiger partial charge in [0.05, 0.1) is 0 Å². The normalized spacial score (nSPS) is 10.1. The van der Waals surface area contributed by atoms with Crippen molar-refractivity contribution < 1.29 is 9.59 Å². The van der Waals surface area contributed by atoms with Crippen LogP contribution in [0.5, 0.6) is 0 Å². The van der Waals surface area contributed by atoms with Crippen LogP contribution in [0.15, 0.2) is 24.3 Å². The van der Waals surface area contributed by atoms with Crippen molar-refractivity contribution >= 4 is 33.3 Å². The van der Waals surface area contributed by atoms with Gasteiger partial charge in [-0.25, -0.2) is 4.98 Å². The summed E-state index contributed by atoms with van der Waals surface area (Å²) in [4.78, 5) is 27.5. The molecule has 1 heterocycles. The largest absolute Gasteiger partial charge is 0.365 e. The number of primary amides is 1. The topological polar surface area (TPSA) is 97.1 Å². The van der Waals surface area contributed by atoms with E-state index in [4.69, 9.17) is 5.73 Å². The Labute approximate surface area is 120 Å². The van der Waals surface area contributed by atoms with Crippen LogP contribution in [0.4, 0.5) is 10.1 Å². The SMILES string of the molecule is CNc1nc(C(N)=O)c(NC(=O)c2cccc(C)c2)s1. The van der Waals surface area contributed by atoms with Gasteiger partial charge in [-0.15, -0.1) is 0 Å². The fourth-order valence-electron chi connectivity index (χ4n) is 1.64. The van der Waals surface area contributed by atoms with Gasteiger partial charge in [-0.3, -0.25) is 9.59 Å². The van der Waals surface area contributed by atoms with E-state index in [0.29, 0.717) is 15.7 Å². The second kappa shape index (κ2) is 5.70. The molecule has 0 spiro atoms. The minimum absolute atomic E-state index is 0.0559. The summed E-state index contributed by atoms with van der Waals surface area (Å²) in [6.07, 6.45) is 0. The maximum atomic E-state index is 12.1. The molecule has 0 aliphatic carbocycles. The zero-order valence-corrected chi connectivity index (χ0v) is 11.9. The van der Waals surface area contributed by atoms with E-state index in [-0.39, 0.29) is 11.6 Å². The van der Waals surface area contributed by atoms with Crippen LogP contribution in [0.2, 0.25) is 0 Å². The maximum absolute atomic E-state index is 12.1. The first kappa shape index (κ1) is 14.0. The first-order valence-electron chi connectivity index (χ1n) is 5.87. The van der Waals surface area contributed by atoms with Crippen LogP contribution in [0.3, 0.4) is 0 Å². The molecule has 0 bridgehead atoms. The summed E-state index contributed by atoms with van der Waals surface area (Å²) >= 11 is 1.16. The quantitative estimate of drug-likeness (QED) is 0.800. The molecule has 1 aromatic carbocycles. The molecule has 0 unspecified atom stereocenters. The van der Waals surface area contributed by atoms with Crippen LogP contribution in [-0.4, -0.2) is 23.8 Å². The molecule has 2 aromatic rings. The second-order valence-electron chi connectivity index (χ2n) is 4.13. The molecule has 0 saturated carbocycles. The van der Waals surface area contributed by atoms with Crippen LogP contribution in [0, 0.1) is 6.92 Å². The molecule has 0 aliphatic rings. The summed E-state index contributed by atoms with van der Waals surface area (Å²) in [6, 6.07) is 7.16. The van der Waals surface area contributed by atoms with Crippen molar-refractivity contribution in [2.24, 2.45) is 5.73 Å². The number of hydrogen-bond donors (Lipinski definition) is 3. The zero-order chi connectivity index (χ0) is 14.7. The second-order valence-corrected chi connectivity index (χ2v) is 5.13. The van der Waals surface area contributed by atoms with Crippen molar-refractivity contribution in [3.05, 3.63) is 41.1 Å². The standard InChI is InChI=1S/C13H14N4O2S/c1-7-4-3-5-8(6-7)11(19)17-12-9(10(14)18)16-13(15-2)20-12/h3-6H,1-2H3,(H2,14,18)(H,15,16)(H,17,19). The Balaban J connectivity index is 2.27. The van der Waals surface area contributed by atoms with E-state index in [1.54, 1.807) is 25.2 Å². The summed E-state index contributed by atoms with van der Waals surface area (Å²) in [7, 11) is 1.68. The molecule has 4 N–H and O–H groups in total. The van der Waals surface area contributed by atoms with Crippen molar-refractivity contribution in [2.45, 2.75) is 6.92 Å². The number of benzene rings is 1. The van der Waals surface area contributed by atoms with Crippen LogP contribution in [0.1, 0.15) is 26.4 Å². The molecular weight excluding hydrogens is 276 g/mol. The van der Waals surface area contributed by atoms with E-state index in [2.05, 4.69) is 15.6 Å². The molecule has 7 heteroatoms. The molecular formula is C13H14N4O2S. The summed E-state index contributed by atoms with van der Waals surface area (Å²) in [6.45, 7) is 1.90. The molecule has 0 aliphatic heterocycles. The fraction of sp³-hybridized carbons (Fsp3) is 0.154. The Hall–Kier alpha value is -2.41. The summed E-state index contributed by atoms with van der Waals surface area (Å²) in [5.74, 6) is -0.982. The average molecular weight is 290 g/mol. The lowest BCUT2D eigenvalue weighted by molar-refractivity contribution is 0.0997. The van der Waals surface area contributed by atoms with Gasteiger partial charge in [0, 0.05) is 12.6 Å². The number of hydrogen-bond acceptors (Lipinski definition) is 5. The summed E-state index contributed by atoms with van der Waals surface area (Å²) in [5, 5.41) is 6.33. The Morgan fingerprint density at radius 2 is 2.10 bits per heavy atom. The van der Waals surface area contributed by atoms with Gasteiger partial charge in [0.1, 0.15) is 5.00 Å². The number of thiazole rings is 1. The average Bonchev–Trinajstić information content (AvgIpc) is 2.82. The third-order valence-corrected chi connectivity index (χ3v) is 3.57. The van der Waals surface area contributed by atoms with Crippen molar-refractivity contribution in [2.75, 3.05) is 17.7 Å². The molecule has 0 radical (unpaired) electrons. The van der Waals surface area contributed by atoms with E-state index in [1.807, 2.05) is 13.0 Å². The highest BCUT2D eigenvalue weighted by Crippen LogP contribution is 2.28. The number of nitrogens with two attached hydrogens (primary N) is 1. The van der Waals surface area contributed by atoms with Gasteiger partial charge < -0.3 is 16.4 Å². The Bertz CT molecular complexity index is 666. The zero-order valence-electron chi connectivity index (χ0n) is 11.1. The van der Waals surface area contributed by atoms with E-state index < -0.39 is 5.91 Å². The van der Waals surface area contributed by atoms with E-state index in [9.17, 15) is 9.59 Å². The smallest absolute Gasteiger partial charge is 0.270 e. The molecule has 0 fully saturated rings. The van der Waals surface area contributed by atoms with E-state index in [0.717, 1.165) is 16.9 Å². The number of rotatable bonds is 4. The molecule has 104 valence electrons. The van der Waals surface area contributed by atoms with Gasteiger partial charge >= 0.3 is 0 Å². The third kappa shape index (κ3) is 2.94. The van der Waals surface area contributed by atoms with Crippen LogP contribution in [-0.2, 0) is 0 Å². The summed E-state index contributed by atoms with van der Waals surface area (Å²) < 4.78 is 0. The van der Waals surface area contributed by atoms with Crippen molar-refractivity contribution in [3.8, 4) is 0 Å². The molecule has 1 aromatic heterocycles. The summed E-state index contributed by atoms with van der Waals surface area (Å²) in [5.41, 5.74) is 6.80. The minimum atomic E-state index is -0.678. The van der Waals surface area contributed by atoms with E-state index in [1.165, 1.54) is 0 Å². The Kier molecular flexibility index (Phi) is 3.99. The molecule has 0 saturated heterocycles. The highest BCUT2D eigenvalue weighted by molar-refractivity contribution is 7.20. The van der Waals surface area contributed by atoms with Gasteiger partial charge in [0.2, 0.25) is 0 Å². The third-order valence-electron chi connectivity index (χ3n) is 2.58. The van der Waals surface area contributed by atoms with Gasteiger partial charge in [-0.2, -0.15) is 0 Å². The van der Waals surface area contributed by atoms with Crippen molar-refractivity contribution in [1.82, 2.24) is 4.98 Å².